The normalized spacial score (nSPS) is 16.0. The summed E-state index contributed by atoms with van der Waals surface area (Å²) in [6.07, 6.45) is -0.878. The first kappa shape index (κ1) is 22.1. The molecule has 2 N–H and O–H groups in total. The van der Waals surface area contributed by atoms with Gasteiger partial charge in [-0.25, -0.2) is 4.79 Å². The number of aliphatic hydroxyl groups excluding tert-OH is 1. The molecule has 0 unspecified atom stereocenters. The van der Waals surface area contributed by atoms with E-state index < -0.39 is 17.4 Å². The number of piperazine rings is 1. The first-order valence-corrected chi connectivity index (χ1v) is 10.8. The minimum Gasteiger partial charge on any atom is -0.491 e. The molecule has 1 aromatic carbocycles. The zero-order chi connectivity index (χ0) is 23.0. The summed E-state index contributed by atoms with van der Waals surface area (Å²) < 4.78 is 8.82. The Morgan fingerprint density at radius 2 is 1.84 bits per heavy atom. The molecule has 172 valence electrons. The van der Waals surface area contributed by atoms with Crippen LogP contribution in [0.15, 0.2) is 27.8 Å². The standard InChI is InChI=1S/C22H30N6O4/c1-14-5-6-17(11-15(14)2)32-13-16(29)12-28-18-19(26(4)22(31)24-20(18)30)23-21(28)27-9-7-25(3)8-10-27/h5-6,11,16,29H,7-10,12-13H2,1-4H3,(H,24,30,31)/t16-/m1/s1. The van der Waals surface area contributed by atoms with Crippen LogP contribution in [-0.2, 0) is 13.6 Å². The van der Waals surface area contributed by atoms with Crippen LogP contribution in [0, 0.1) is 13.8 Å². The Bertz CT molecular complexity index is 1240. The lowest BCUT2D eigenvalue weighted by Crippen LogP contribution is -2.45. The van der Waals surface area contributed by atoms with Crippen LogP contribution < -0.4 is 20.9 Å². The number of nitrogens with zero attached hydrogens (tertiary/aromatic N) is 5. The molecule has 4 rings (SSSR count). The molecule has 1 saturated heterocycles. The Morgan fingerprint density at radius 3 is 2.53 bits per heavy atom. The molecule has 10 heteroatoms. The van der Waals surface area contributed by atoms with Crippen LogP contribution >= 0.6 is 0 Å². The van der Waals surface area contributed by atoms with Gasteiger partial charge in [0, 0.05) is 33.2 Å². The molecule has 1 atom stereocenters. The van der Waals surface area contributed by atoms with E-state index in [9.17, 15) is 14.7 Å². The van der Waals surface area contributed by atoms with Gasteiger partial charge in [-0.2, -0.15) is 4.98 Å². The van der Waals surface area contributed by atoms with Crippen molar-refractivity contribution in [2.45, 2.75) is 26.5 Å². The highest BCUT2D eigenvalue weighted by molar-refractivity contribution is 5.74. The number of aromatic nitrogens is 4. The molecule has 10 nitrogen and oxygen atoms in total. The van der Waals surface area contributed by atoms with Crippen molar-refractivity contribution in [3.05, 3.63) is 50.2 Å². The van der Waals surface area contributed by atoms with Crippen LogP contribution in [0.3, 0.4) is 0 Å². The zero-order valence-corrected chi connectivity index (χ0v) is 19.0. The smallest absolute Gasteiger partial charge is 0.329 e. The van der Waals surface area contributed by atoms with Gasteiger partial charge in [0.15, 0.2) is 11.2 Å². The van der Waals surface area contributed by atoms with Crippen LogP contribution in [0.2, 0.25) is 0 Å². The van der Waals surface area contributed by atoms with E-state index in [0.29, 0.717) is 17.3 Å². The fraction of sp³-hybridized carbons (Fsp3) is 0.500. The number of hydrogen-bond acceptors (Lipinski definition) is 7. The highest BCUT2D eigenvalue weighted by atomic mass is 16.5. The number of benzene rings is 1. The van der Waals surface area contributed by atoms with Crippen LogP contribution in [-0.4, -0.2) is 75.0 Å². The molecule has 0 saturated carbocycles. The SMILES string of the molecule is Cc1ccc(OC[C@H](O)Cn2c(N3CCN(C)CC3)nc3c2c(=O)[nH]c(=O)n3C)cc1C. The molecule has 32 heavy (non-hydrogen) atoms. The third-order valence-corrected chi connectivity index (χ3v) is 6.09. The molecule has 2 aromatic heterocycles. The number of ether oxygens (including phenoxy) is 1. The summed E-state index contributed by atoms with van der Waals surface area (Å²) in [5.74, 6) is 1.26. The van der Waals surface area contributed by atoms with Crippen molar-refractivity contribution < 1.29 is 9.84 Å². The Balaban J connectivity index is 1.64. The van der Waals surface area contributed by atoms with E-state index in [4.69, 9.17) is 4.74 Å². The van der Waals surface area contributed by atoms with Gasteiger partial charge in [0.1, 0.15) is 18.5 Å². The van der Waals surface area contributed by atoms with Crippen molar-refractivity contribution in [1.82, 2.24) is 24.0 Å². The largest absolute Gasteiger partial charge is 0.491 e. The topological polar surface area (TPSA) is 109 Å². The van der Waals surface area contributed by atoms with E-state index in [0.717, 1.165) is 31.7 Å². The lowest BCUT2D eigenvalue weighted by Gasteiger charge is -2.33. The second-order valence-corrected chi connectivity index (χ2v) is 8.51. The predicted octanol–water partition coefficient (Wildman–Crippen LogP) is 0.232. The number of likely N-dealkylation sites (N-methyl/N-ethyl adjacent to an activating group) is 1. The average Bonchev–Trinajstić information content (AvgIpc) is 3.13. The number of rotatable bonds is 6. The van der Waals surface area contributed by atoms with Crippen LogP contribution in [0.25, 0.3) is 11.2 Å². The van der Waals surface area contributed by atoms with Gasteiger partial charge < -0.3 is 24.2 Å². The summed E-state index contributed by atoms with van der Waals surface area (Å²) in [6, 6.07) is 5.79. The highest BCUT2D eigenvalue weighted by Crippen LogP contribution is 2.22. The van der Waals surface area contributed by atoms with Gasteiger partial charge >= 0.3 is 5.69 Å². The second-order valence-electron chi connectivity index (χ2n) is 8.51. The first-order valence-electron chi connectivity index (χ1n) is 10.8. The minimum atomic E-state index is -0.878. The number of aliphatic hydroxyl groups is 1. The molecule has 3 heterocycles. The van der Waals surface area contributed by atoms with Gasteiger partial charge in [-0.05, 0) is 44.2 Å². The summed E-state index contributed by atoms with van der Waals surface area (Å²) in [4.78, 5) is 36.1. The maximum atomic E-state index is 12.7. The Labute approximate surface area is 185 Å². The van der Waals surface area contributed by atoms with Gasteiger partial charge in [-0.1, -0.05) is 6.07 Å². The predicted molar refractivity (Wildman–Crippen MR) is 123 cm³/mol. The monoisotopic (exact) mass is 442 g/mol. The van der Waals surface area contributed by atoms with Gasteiger partial charge in [-0.15, -0.1) is 0 Å². The lowest BCUT2D eigenvalue weighted by atomic mass is 10.1. The van der Waals surface area contributed by atoms with Crippen LogP contribution in [0.5, 0.6) is 5.75 Å². The van der Waals surface area contributed by atoms with E-state index in [-0.39, 0.29) is 18.7 Å². The molecule has 1 aliphatic heterocycles. The van der Waals surface area contributed by atoms with Crippen molar-refractivity contribution in [2.24, 2.45) is 7.05 Å². The Kier molecular flexibility index (Phi) is 6.07. The number of imidazole rings is 1. The number of hydrogen-bond donors (Lipinski definition) is 2. The van der Waals surface area contributed by atoms with Crippen molar-refractivity contribution >= 4 is 17.1 Å². The molecular formula is C22H30N6O4. The summed E-state index contributed by atoms with van der Waals surface area (Å²) in [5.41, 5.74) is 1.82. The summed E-state index contributed by atoms with van der Waals surface area (Å²) in [6.45, 7) is 7.41. The molecule has 0 amide bonds. The molecule has 1 fully saturated rings. The summed E-state index contributed by atoms with van der Waals surface area (Å²) >= 11 is 0. The molecular weight excluding hydrogens is 412 g/mol. The fourth-order valence-corrected chi connectivity index (χ4v) is 3.90. The van der Waals surface area contributed by atoms with Crippen LogP contribution in [0.1, 0.15) is 11.1 Å². The fourth-order valence-electron chi connectivity index (χ4n) is 3.90. The number of H-pyrrole nitrogens is 1. The van der Waals surface area contributed by atoms with Crippen molar-refractivity contribution in [3.63, 3.8) is 0 Å². The molecule has 1 aliphatic rings. The molecule has 3 aromatic rings. The number of aromatic amines is 1. The Morgan fingerprint density at radius 1 is 1.12 bits per heavy atom. The number of anilines is 1. The number of aryl methyl sites for hydroxylation is 3. The molecule has 0 bridgehead atoms. The van der Waals surface area contributed by atoms with Gasteiger partial charge in [-0.3, -0.25) is 14.3 Å². The van der Waals surface area contributed by atoms with E-state index in [1.807, 2.05) is 32.0 Å². The Hall–Kier alpha value is -3.11. The van der Waals surface area contributed by atoms with Crippen molar-refractivity contribution in [3.8, 4) is 5.75 Å². The third kappa shape index (κ3) is 4.28. The van der Waals surface area contributed by atoms with Crippen molar-refractivity contribution in [2.75, 3.05) is 44.7 Å². The maximum Gasteiger partial charge on any atom is 0.329 e. The third-order valence-electron chi connectivity index (χ3n) is 6.09. The van der Waals surface area contributed by atoms with Gasteiger partial charge in [0.25, 0.3) is 5.56 Å². The number of fused-ring (bicyclic) bond motifs is 1. The second kappa shape index (κ2) is 8.79. The number of nitrogens with one attached hydrogen (secondary N) is 1. The molecule has 0 radical (unpaired) electrons. The lowest BCUT2D eigenvalue weighted by molar-refractivity contribution is 0.0935. The van der Waals surface area contributed by atoms with E-state index in [2.05, 4.69) is 26.8 Å². The van der Waals surface area contributed by atoms with E-state index in [1.165, 1.54) is 10.1 Å². The zero-order valence-electron chi connectivity index (χ0n) is 19.0. The highest BCUT2D eigenvalue weighted by Gasteiger charge is 2.25. The van der Waals surface area contributed by atoms with Gasteiger partial charge in [0.2, 0.25) is 5.95 Å². The van der Waals surface area contributed by atoms with E-state index in [1.54, 1.807) is 11.6 Å². The summed E-state index contributed by atoms with van der Waals surface area (Å²) in [7, 11) is 3.63. The first-order chi connectivity index (χ1) is 15.2. The van der Waals surface area contributed by atoms with E-state index >= 15 is 0 Å². The average molecular weight is 443 g/mol. The van der Waals surface area contributed by atoms with Crippen LogP contribution in [0.4, 0.5) is 5.95 Å². The minimum absolute atomic E-state index is 0.0635. The maximum absolute atomic E-state index is 12.7. The molecule has 0 aliphatic carbocycles. The summed E-state index contributed by atoms with van der Waals surface area (Å²) in [5, 5.41) is 10.8. The van der Waals surface area contributed by atoms with Gasteiger partial charge in [0.05, 0.1) is 6.54 Å². The van der Waals surface area contributed by atoms with Crippen molar-refractivity contribution in [1.29, 1.82) is 0 Å². The molecule has 0 spiro atoms. The quantitative estimate of drug-likeness (QED) is 0.563.